The number of aromatic nitrogens is 4. The number of rotatable bonds is 5. The number of halogens is 2. The van der Waals surface area contributed by atoms with Gasteiger partial charge in [0.1, 0.15) is 30.0 Å². The van der Waals surface area contributed by atoms with E-state index in [2.05, 4.69) is 41.2 Å². The predicted molar refractivity (Wildman–Crippen MR) is 101 cm³/mol. The topological polar surface area (TPSA) is 97.4 Å². The van der Waals surface area contributed by atoms with Gasteiger partial charge in [-0.1, -0.05) is 0 Å². The van der Waals surface area contributed by atoms with Gasteiger partial charge in [0.2, 0.25) is 5.89 Å². The zero-order valence-corrected chi connectivity index (χ0v) is 16.3. The fourth-order valence-electron chi connectivity index (χ4n) is 2.98. The number of nitrogens with zero attached hydrogens (tertiary/aromatic N) is 5. The highest BCUT2D eigenvalue weighted by molar-refractivity contribution is 9.10. The first kappa shape index (κ1) is 18.8. The van der Waals surface area contributed by atoms with Crippen LogP contribution in [0.1, 0.15) is 18.7 Å². The summed E-state index contributed by atoms with van der Waals surface area (Å²) in [5.74, 6) is 1.29. The molecule has 3 aromatic rings. The number of aliphatic hydroxyl groups excluding tert-OH is 1. The average molecular weight is 450 g/mol. The van der Waals surface area contributed by atoms with Crippen molar-refractivity contribution >= 4 is 21.7 Å². The number of anilines is 1. The van der Waals surface area contributed by atoms with Gasteiger partial charge >= 0.3 is 0 Å². The highest BCUT2D eigenvalue weighted by Crippen LogP contribution is 2.29. The van der Waals surface area contributed by atoms with Crippen molar-refractivity contribution in [3.05, 3.63) is 46.5 Å². The fourth-order valence-corrected chi connectivity index (χ4v) is 3.32. The molecule has 2 aromatic heterocycles. The largest absolute Gasteiger partial charge is 0.489 e. The van der Waals surface area contributed by atoms with Gasteiger partial charge in [-0.15, -0.1) is 20.4 Å². The van der Waals surface area contributed by atoms with Crippen molar-refractivity contribution < 1.29 is 18.7 Å². The molecule has 3 heterocycles. The molecule has 4 rings (SSSR count). The molecule has 1 fully saturated rings. The van der Waals surface area contributed by atoms with Crippen molar-refractivity contribution in [3.8, 4) is 17.3 Å². The van der Waals surface area contributed by atoms with Crippen molar-refractivity contribution in [2.45, 2.75) is 25.6 Å². The van der Waals surface area contributed by atoms with Crippen LogP contribution in [-0.4, -0.2) is 44.7 Å². The summed E-state index contributed by atoms with van der Waals surface area (Å²) in [4.78, 5) is 2.12. The minimum absolute atomic E-state index is 0.0110. The molecular formula is C18H17BrFN5O3. The Labute approximate surface area is 168 Å². The molecule has 10 heteroatoms. The monoisotopic (exact) mass is 449 g/mol. The second-order valence-corrected chi connectivity index (χ2v) is 7.17. The molecule has 1 aromatic carbocycles. The van der Waals surface area contributed by atoms with Crippen LogP contribution in [0.5, 0.6) is 5.75 Å². The molecule has 0 saturated carbocycles. The van der Waals surface area contributed by atoms with E-state index in [1.165, 1.54) is 12.1 Å². The zero-order chi connectivity index (χ0) is 19.5. The predicted octanol–water partition coefficient (Wildman–Crippen LogP) is 2.97. The summed E-state index contributed by atoms with van der Waals surface area (Å²) in [6.07, 6.45) is 1.59. The molecule has 0 radical (unpaired) electrons. The molecule has 0 aliphatic carbocycles. The lowest BCUT2D eigenvalue weighted by Crippen LogP contribution is -2.38. The lowest BCUT2D eigenvalue weighted by atomic mass is 10.1. The van der Waals surface area contributed by atoms with E-state index in [1.807, 2.05) is 6.07 Å². The van der Waals surface area contributed by atoms with Gasteiger partial charge in [-0.05, 0) is 40.2 Å². The molecule has 1 saturated heterocycles. The lowest BCUT2D eigenvalue weighted by molar-refractivity contribution is 0.169. The molecule has 0 unspecified atom stereocenters. The van der Waals surface area contributed by atoms with Crippen molar-refractivity contribution in [1.82, 2.24) is 20.4 Å². The molecule has 8 nitrogen and oxygen atoms in total. The maximum atomic E-state index is 13.4. The molecular weight excluding hydrogens is 433 g/mol. The Morgan fingerprint density at radius 1 is 1.14 bits per heavy atom. The van der Waals surface area contributed by atoms with Crippen LogP contribution in [0, 0.1) is 5.82 Å². The molecule has 1 aliphatic rings. The van der Waals surface area contributed by atoms with Gasteiger partial charge in [0.25, 0.3) is 5.89 Å². The highest BCUT2D eigenvalue weighted by Gasteiger charge is 2.23. The molecule has 0 spiro atoms. The lowest BCUT2D eigenvalue weighted by Gasteiger charge is -2.32. The Morgan fingerprint density at radius 2 is 1.96 bits per heavy atom. The van der Waals surface area contributed by atoms with Gasteiger partial charge in [-0.3, -0.25) is 0 Å². The van der Waals surface area contributed by atoms with Crippen LogP contribution in [0.25, 0.3) is 11.6 Å². The highest BCUT2D eigenvalue weighted by atomic mass is 79.9. The molecule has 28 heavy (non-hydrogen) atoms. The van der Waals surface area contributed by atoms with Crippen LogP contribution < -0.4 is 9.64 Å². The van der Waals surface area contributed by atoms with E-state index in [9.17, 15) is 4.39 Å². The molecule has 1 N–H and O–H groups in total. The van der Waals surface area contributed by atoms with Gasteiger partial charge in [-0.25, -0.2) is 4.39 Å². The van der Waals surface area contributed by atoms with Crippen LogP contribution in [0.3, 0.4) is 0 Å². The third-order valence-corrected chi connectivity index (χ3v) is 5.08. The number of benzene rings is 1. The van der Waals surface area contributed by atoms with Crippen molar-refractivity contribution in [1.29, 1.82) is 0 Å². The first-order chi connectivity index (χ1) is 13.6. The van der Waals surface area contributed by atoms with Gasteiger partial charge in [0, 0.05) is 32.0 Å². The summed E-state index contributed by atoms with van der Waals surface area (Å²) in [6.45, 7) is 1.18. The molecule has 0 bridgehead atoms. The Morgan fingerprint density at radius 3 is 2.64 bits per heavy atom. The van der Waals surface area contributed by atoms with E-state index < -0.39 is 0 Å². The van der Waals surface area contributed by atoms with E-state index in [1.54, 1.807) is 12.1 Å². The zero-order valence-electron chi connectivity index (χ0n) is 14.8. The number of aliphatic hydroxyl groups is 1. The quantitative estimate of drug-likeness (QED) is 0.634. The summed E-state index contributed by atoms with van der Waals surface area (Å²) in [5.41, 5.74) is 0.449. The Kier molecular flexibility index (Phi) is 5.49. The van der Waals surface area contributed by atoms with Crippen molar-refractivity contribution in [3.63, 3.8) is 0 Å². The fraction of sp³-hybridized carbons (Fsp3) is 0.333. The summed E-state index contributed by atoms with van der Waals surface area (Å²) < 4.78 is 25.3. The third kappa shape index (κ3) is 4.12. The number of hydrogen-bond acceptors (Lipinski definition) is 8. The van der Waals surface area contributed by atoms with Crippen LogP contribution in [0.2, 0.25) is 0 Å². The van der Waals surface area contributed by atoms with Crippen LogP contribution in [-0.2, 0) is 6.61 Å². The van der Waals surface area contributed by atoms with E-state index >= 15 is 0 Å². The molecule has 146 valence electrons. The second kappa shape index (κ2) is 8.19. The SMILES string of the molecule is OCc1nnc(-c2ccc(N3CCC(Oc4cc(F)ccc4Br)CC3)nn2)o1. The smallest absolute Gasteiger partial charge is 0.268 e. The minimum Gasteiger partial charge on any atom is -0.489 e. The Hall–Kier alpha value is -2.59. The summed E-state index contributed by atoms with van der Waals surface area (Å²) >= 11 is 3.39. The van der Waals surface area contributed by atoms with Gasteiger partial charge in [0.05, 0.1) is 4.47 Å². The maximum absolute atomic E-state index is 13.4. The van der Waals surface area contributed by atoms with Gasteiger partial charge < -0.3 is 19.2 Å². The van der Waals surface area contributed by atoms with E-state index in [4.69, 9.17) is 14.3 Å². The van der Waals surface area contributed by atoms with E-state index in [-0.39, 0.29) is 30.3 Å². The van der Waals surface area contributed by atoms with Crippen molar-refractivity contribution in [2.75, 3.05) is 18.0 Å². The number of piperidine rings is 1. The molecule has 0 atom stereocenters. The minimum atomic E-state index is -0.321. The first-order valence-electron chi connectivity index (χ1n) is 8.76. The standard InChI is InChI=1S/C18H17BrFN5O3/c19-13-2-1-11(20)9-15(13)27-12-5-7-25(8-6-12)16-4-3-14(21-22-16)18-24-23-17(10-26)28-18/h1-4,9,12,26H,5-8,10H2. The molecule has 0 amide bonds. The van der Waals surface area contributed by atoms with Crippen LogP contribution >= 0.6 is 15.9 Å². The number of hydrogen-bond donors (Lipinski definition) is 1. The first-order valence-corrected chi connectivity index (χ1v) is 9.55. The second-order valence-electron chi connectivity index (χ2n) is 6.31. The van der Waals surface area contributed by atoms with Crippen LogP contribution in [0.4, 0.5) is 10.2 Å². The summed E-state index contributed by atoms with van der Waals surface area (Å²) in [6, 6.07) is 8.02. The summed E-state index contributed by atoms with van der Waals surface area (Å²) in [5, 5.41) is 24.9. The number of ether oxygens (including phenoxy) is 1. The van der Waals surface area contributed by atoms with Gasteiger partial charge in [-0.2, -0.15) is 0 Å². The van der Waals surface area contributed by atoms with Crippen LogP contribution in [0.15, 0.2) is 39.2 Å². The van der Waals surface area contributed by atoms with E-state index in [0.717, 1.165) is 36.2 Å². The van der Waals surface area contributed by atoms with E-state index in [0.29, 0.717) is 11.4 Å². The Bertz CT molecular complexity index is 945. The normalized spacial score (nSPS) is 15.0. The third-order valence-electron chi connectivity index (χ3n) is 4.42. The van der Waals surface area contributed by atoms with Crippen molar-refractivity contribution in [2.24, 2.45) is 0 Å². The van der Waals surface area contributed by atoms with Gasteiger partial charge in [0.15, 0.2) is 5.82 Å². The maximum Gasteiger partial charge on any atom is 0.268 e. The summed E-state index contributed by atoms with van der Waals surface area (Å²) in [7, 11) is 0. The Balaban J connectivity index is 1.36. The molecule has 1 aliphatic heterocycles. The average Bonchev–Trinajstić information content (AvgIpc) is 3.21.